The summed E-state index contributed by atoms with van der Waals surface area (Å²) in [5.41, 5.74) is 1.15. The molecule has 21 heavy (non-hydrogen) atoms. The van der Waals surface area contributed by atoms with Crippen molar-refractivity contribution in [3.05, 3.63) is 35.9 Å². The van der Waals surface area contributed by atoms with Crippen LogP contribution in [-0.4, -0.2) is 47.0 Å². The molecule has 1 amide bonds. The van der Waals surface area contributed by atoms with Gasteiger partial charge in [-0.25, -0.2) is 4.39 Å². The first-order valence-corrected chi connectivity index (χ1v) is 7.06. The summed E-state index contributed by atoms with van der Waals surface area (Å²) in [6.45, 7) is 1.32. The predicted octanol–water partition coefficient (Wildman–Crippen LogP) is 1.59. The summed E-state index contributed by atoms with van der Waals surface area (Å²) < 4.78 is 13.7. The molecular weight excluding hydrogens is 271 g/mol. The van der Waals surface area contributed by atoms with Crippen molar-refractivity contribution < 1.29 is 9.18 Å². The molecule has 0 aliphatic carbocycles. The molecule has 3 rings (SSSR count). The Morgan fingerprint density at radius 1 is 1.38 bits per heavy atom. The minimum atomic E-state index is -0.464. The molecule has 0 saturated carbocycles. The Morgan fingerprint density at radius 2 is 2.19 bits per heavy atom. The Hall–Kier alpha value is -2.08. The molecule has 0 bridgehead atoms. The molecular formula is C15H17FN4O. The normalized spacial score (nSPS) is 19.0. The number of fused-ring (bicyclic) bond motifs is 1. The molecule has 1 aromatic heterocycles. The molecule has 1 saturated heterocycles. The number of likely N-dealkylation sites (tertiary alicyclic amines) is 1. The van der Waals surface area contributed by atoms with Crippen molar-refractivity contribution in [2.75, 3.05) is 20.1 Å². The number of rotatable bonds is 2. The Labute approximate surface area is 122 Å². The first-order valence-electron chi connectivity index (χ1n) is 7.06. The number of benzene rings is 1. The van der Waals surface area contributed by atoms with E-state index in [-0.39, 0.29) is 17.5 Å². The van der Waals surface area contributed by atoms with Gasteiger partial charge in [-0.3, -0.25) is 14.8 Å². The van der Waals surface area contributed by atoms with Gasteiger partial charge in [0.15, 0.2) is 0 Å². The minimum absolute atomic E-state index is 0.181. The average Bonchev–Trinajstić information content (AvgIpc) is 2.53. The highest BCUT2D eigenvalue weighted by Gasteiger charge is 2.25. The van der Waals surface area contributed by atoms with E-state index in [9.17, 15) is 9.18 Å². The molecule has 1 atom stereocenters. The predicted molar refractivity (Wildman–Crippen MR) is 77.5 cm³/mol. The highest BCUT2D eigenvalue weighted by molar-refractivity contribution is 6.04. The summed E-state index contributed by atoms with van der Waals surface area (Å²) in [4.78, 5) is 22.7. The fraction of sp³-hybridized carbons (Fsp3) is 0.400. The minimum Gasteiger partial charge on any atom is -0.337 e. The maximum absolute atomic E-state index is 13.7. The molecule has 1 fully saturated rings. The first kappa shape index (κ1) is 13.9. The first-order chi connectivity index (χ1) is 10.2. The van der Waals surface area contributed by atoms with Gasteiger partial charge in [0.1, 0.15) is 11.3 Å². The summed E-state index contributed by atoms with van der Waals surface area (Å²) in [5.74, 6) is -0.645. The van der Waals surface area contributed by atoms with Crippen LogP contribution >= 0.6 is 0 Å². The standard InChI is InChI=1S/C15H17FN4O/c1-17-11-3-2-6-20(9-11)15(21)12-7-10(16)8-13-14(12)19-5-4-18-13/h4-5,7-8,11,17H,2-3,6,9H2,1H3. The smallest absolute Gasteiger partial charge is 0.256 e. The van der Waals surface area contributed by atoms with Crippen LogP contribution in [0.3, 0.4) is 0 Å². The summed E-state index contributed by atoms with van der Waals surface area (Å²) in [5, 5.41) is 3.19. The van der Waals surface area contributed by atoms with Crippen molar-refractivity contribution >= 4 is 16.9 Å². The third kappa shape index (κ3) is 2.71. The van der Waals surface area contributed by atoms with E-state index in [0.29, 0.717) is 24.1 Å². The molecule has 1 unspecified atom stereocenters. The van der Waals surface area contributed by atoms with Gasteiger partial charge in [-0.1, -0.05) is 0 Å². The number of piperidine rings is 1. The van der Waals surface area contributed by atoms with Crippen LogP contribution in [0.2, 0.25) is 0 Å². The van der Waals surface area contributed by atoms with Gasteiger partial charge in [-0.2, -0.15) is 0 Å². The Balaban J connectivity index is 1.97. The van der Waals surface area contributed by atoms with Crippen LogP contribution in [0, 0.1) is 5.82 Å². The fourth-order valence-electron chi connectivity index (χ4n) is 2.77. The maximum Gasteiger partial charge on any atom is 0.256 e. The lowest BCUT2D eigenvalue weighted by Gasteiger charge is -2.32. The van der Waals surface area contributed by atoms with Gasteiger partial charge in [0.2, 0.25) is 0 Å². The van der Waals surface area contributed by atoms with Crippen LogP contribution in [0.5, 0.6) is 0 Å². The number of nitrogens with zero attached hydrogens (tertiary/aromatic N) is 3. The topological polar surface area (TPSA) is 58.1 Å². The SMILES string of the molecule is CNC1CCCN(C(=O)c2cc(F)cc3nccnc23)C1. The third-order valence-corrected chi connectivity index (χ3v) is 3.89. The molecule has 0 spiro atoms. The zero-order valence-electron chi connectivity index (χ0n) is 11.8. The number of amides is 1. The van der Waals surface area contributed by atoms with Crippen LogP contribution in [0.4, 0.5) is 4.39 Å². The van der Waals surface area contributed by atoms with Gasteiger partial charge in [0.25, 0.3) is 5.91 Å². The van der Waals surface area contributed by atoms with Gasteiger partial charge >= 0.3 is 0 Å². The lowest BCUT2D eigenvalue weighted by atomic mass is 10.0. The number of likely N-dealkylation sites (N-methyl/N-ethyl adjacent to an activating group) is 1. The molecule has 1 N–H and O–H groups in total. The van der Waals surface area contributed by atoms with E-state index in [0.717, 1.165) is 12.8 Å². The van der Waals surface area contributed by atoms with E-state index >= 15 is 0 Å². The van der Waals surface area contributed by atoms with Crippen molar-refractivity contribution in [1.82, 2.24) is 20.2 Å². The Kier molecular flexibility index (Phi) is 3.79. The number of aromatic nitrogens is 2. The van der Waals surface area contributed by atoms with E-state index < -0.39 is 5.82 Å². The van der Waals surface area contributed by atoms with Crippen molar-refractivity contribution in [3.63, 3.8) is 0 Å². The van der Waals surface area contributed by atoms with Crippen molar-refractivity contribution in [3.8, 4) is 0 Å². The number of hydrogen-bond donors (Lipinski definition) is 1. The second-order valence-electron chi connectivity index (χ2n) is 5.26. The fourth-order valence-corrected chi connectivity index (χ4v) is 2.77. The zero-order chi connectivity index (χ0) is 14.8. The molecule has 1 aromatic carbocycles. The van der Waals surface area contributed by atoms with Gasteiger partial charge in [-0.15, -0.1) is 0 Å². The second-order valence-corrected chi connectivity index (χ2v) is 5.26. The van der Waals surface area contributed by atoms with Gasteiger partial charge < -0.3 is 10.2 Å². The van der Waals surface area contributed by atoms with Gasteiger partial charge in [-0.05, 0) is 26.0 Å². The van der Waals surface area contributed by atoms with Crippen LogP contribution in [-0.2, 0) is 0 Å². The number of nitrogens with one attached hydrogen (secondary N) is 1. The largest absolute Gasteiger partial charge is 0.337 e. The molecule has 2 aromatic rings. The summed E-state index contributed by atoms with van der Waals surface area (Å²) in [7, 11) is 1.89. The van der Waals surface area contributed by atoms with E-state index in [1.54, 1.807) is 4.90 Å². The van der Waals surface area contributed by atoms with E-state index in [2.05, 4.69) is 15.3 Å². The number of halogens is 1. The third-order valence-electron chi connectivity index (χ3n) is 3.89. The van der Waals surface area contributed by atoms with Gasteiger partial charge in [0.05, 0.1) is 11.1 Å². The number of carbonyl (C=O) groups is 1. The highest BCUT2D eigenvalue weighted by atomic mass is 19.1. The van der Waals surface area contributed by atoms with Crippen LogP contribution in [0.25, 0.3) is 11.0 Å². The van der Waals surface area contributed by atoms with Crippen molar-refractivity contribution in [1.29, 1.82) is 0 Å². The molecule has 1 aliphatic heterocycles. The molecule has 1 aliphatic rings. The zero-order valence-corrected chi connectivity index (χ0v) is 11.8. The quantitative estimate of drug-likeness (QED) is 0.912. The van der Waals surface area contributed by atoms with E-state index in [1.165, 1.54) is 24.5 Å². The monoisotopic (exact) mass is 288 g/mol. The Morgan fingerprint density at radius 3 is 3.00 bits per heavy atom. The molecule has 0 radical (unpaired) electrons. The number of hydrogen-bond acceptors (Lipinski definition) is 4. The van der Waals surface area contributed by atoms with Crippen molar-refractivity contribution in [2.24, 2.45) is 0 Å². The average molecular weight is 288 g/mol. The number of carbonyl (C=O) groups excluding carboxylic acids is 1. The molecule has 5 nitrogen and oxygen atoms in total. The van der Waals surface area contributed by atoms with Crippen LogP contribution in [0.15, 0.2) is 24.5 Å². The maximum atomic E-state index is 13.7. The van der Waals surface area contributed by atoms with Crippen LogP contribution < -0.4 is 5.32 Å². The van der Waals surface area contributed by atoms with Crippen LogP contribution in [0.1, 0.15) is 23.2 Å². The molecule has 110 valence electrons. The summed E-state index contributed by atoms with van der Waals surface area (Å²) in [6, 6.07) is 2.84. The van der Waals surface area contributed by atoms with E-state index in [4.69, 9.17) is 0 Å². The lowest BCUT2D eigenvalue weighted by Crippen LogP contribution is -2.47. The summed E-state index contributed by atoms with van der Waals surface area (Å²) in [6.07, 6.45) is 5.00. The Bertz CT molecular complexity index is 676. The lowest BCUT2D eigenvalue weighted by molar-refractivity contribution is 0.0699. The molecule has 2 heterocycles. The van der Waals surface area contributed by atoms with Crippen molar-refractivity contribution in [2.45, 2.75) is 18.9 Å². The second kappa shape index (κ2) is 5.73. The van der Waals surface area contributed by atoms with E-state index in [1.807, 2.05) is 7.05 Å². The molecule has 6 heteroatoms. The van der Waals surface area contributed by atoms with Gasteiger partial charge in [0, 0.05) is 37.6 Å². The summed E-state index contributed by atoms with van der Waals surface area (Å²) >= 11 is 0. The highest BCUT2D eigenvalue weighted by Crippen LogP contribution is 2.20.